The van der Waals surface area contributed by atoms with Gasteiger partial charge in [-0.1, -0.05) is 0 Å². The number of carboxylic acid groups (broad SMARTS) is 1. The number of aromatic amines is 1. The second-order valence-corrected chi connectivity index (χ2v) is 8.56. The number of carbonyl (C=O) groups excluding carboxylic acids is 1. The minimum absolute atomic E-state index is 0.105. The van der Waals surface area contributed by atoms with Gasteiger partial charge in [-0.3, -0.25) is 19.3 Å². The molecule has 0 radical (unpaired) electrons. The van der Waals surface area contributed by atoms with Gasteiger partial charge in [-0.2, -0.15) is 5.10 Å². The maximum absolute atomic E-state index is 12.9. The summed E-state index contributed by atoms with van der Waals surface area (Å²) in [5.74, 6) is -0.638. The van der Waals surface area contributed by atoms with Crippen LogP contribution in [0.1, 0.15) is 21.6 Å². The molecule has 5 rings (SSSR count). The van der Waals surface area contributed by atoms with Gasteiger partial charge in [0.2, 0.25) is 5.43 Å². The van der Waals surface area contributed by atoms with E-state index in [4.69, 9.17) is 0 Å². The van der Waals surface area contributed by atoms with Crippen LogP contribution in [0.25, 0.3) is 16.2 Å². The zero-order valence-corrected chi connectivity index (χ0v) is 17.8. The Bertz CT molecular complexity index is 1390. The number of nitrogens with zero attached hydrogens (tertiary/aromatic N) is 5. The highest BCUT2D eigenvalue weighted by Gasteiger charge is 2.34. The first-order chi connectivity index (χ1) is 15.4. The first-order valence-corrected chi connectivity index (χ1v) is 10.8. The average Bonchev–Trinajstić information content (AvgIpc) is 3.40. The number of aromatic carboxylic acids is 1. The first kappa shape index (κ1) is 20.1. The van der Waals surface area contributed by atoms with Gasteiger partial charge in [0.1, 0.15) is 17.2 Å². The number of Topliss-reactive ketones (excluding diaryl/α,β-unsaturated/α-hetero) is 1. The SMILES string of the molecule is Cc1cc(N2CC(C(=O)Cc3ccn[nH]3)C2)nc2c1c(=O)c(C(=O)O)cn2-c1nccs1. The number of ketones is 1. The molecule has 0 spiro atoms. The monoisotopic (exact) mass is 450 g/mol. The Morgan fingerprint density at radius 2 is 2.12 bits per heavy atom. The van der Waals surface area contributed by atoms with E-state index in [2.05, 4.69) is 20.2 Å². The van der Waals surface area contributed by atoms with Gasteiger partial charge >= 0.3 is 5.97 Å². The van der Waals surface area contributed by atoms with Crippen molar-refractivity contribution in [1.82, 2.24) is 24.7 Å². The fourth-order valence-corrected chi connectivity index (χ4v) is 4.47. The van der Waals surface area contributed by atoms with Crippen LogP contribution in [-0.2, 0) is 11.2 Å². The molecule has 4 aromatic rings. The summed E-state index contributed by atoms with van der Waals surface area (Å²) in [6.07, 6.45) is 4.81. The van der Waals surface area contributed by atoms with Crippen molar-refractivity contribution in [1.29, 1.82) is 0 Å². The molecule has 0 aromatic carbocycles. The van der Waals surface area contributed by atoms with Gasteiger partial charge in [0.25, 0.3) is 0 Å². The van der Waals surface area contributed by atoms with Crippen molar-refractivity contribution in [2.45, 2.75) is 13.3 Å². The highest BCUT2D eigenvalue weighted by molar-refractivity contribution is 7.12. The van der Waals surface area contributed by atoms with Crippen molar-refractivity contribution in [3.63, 3.8) is 0 Å². The second-order valence-electron chi connectivity index (χ2n) is 7.68. The summed E-state index contributed by atoms with van der Waals surface area (Å²) in [5, 5.41) is 18.7. The number of pyridine rings is 2. The van der Waals surface area contributed by atoms with E-state index in [0.29, 0.717) is 41.7 Å². The first-order valence-electron chi connectivity index (χ1n) is 9.88. The van der Waals surface area contributed by atoms with Gasteiger partial charge in [0, 0.05) is 49.2 Å². The standard InChI is InChI=1S/C21H18N6O4S/c1-11-6-16(26-8-12(9-26)15(28)7-13-2-3-23-25-13)24-19-17(11)18(29)14(20(30)31)10-27(19)21-22-4-5-32-21/h2-6,10,12H,7-9H2,1H3,(H,23,25)(H,30,31). The fraction of sp³-hybridized carbons (Fsp3) is 0.238. The molecule has 0 amide bonds. The van der Waals surface area contributed by atoms with Crippen molar-refractivity contribution in [2.75, 3.05) is 18.0 Å². The lowest BCUT2D eigenvalue weighted by molar-refractivity contribution is -0.123. The van der Waals surface area contributed by atoms with Gasteiger partial charge < -0.3 is 10.0 Å². The Hall–Kier alpha value is -3.86. The van der Waals surface area contributed by atoms with Gasteiger partial charge in [-0.15, -0.1) is 11.3 Å². The maximum atomic E-state index is 12.9. The lowest BCUT2D eigenvalue weighted by Gasteiger charge is -2.39. The minimum atomic E-state index is -1.30. The molecule has 1 aliphatic rings. The average molecular weight is 450 g/mol. The Kier molecular flexibility index (Phi) is 4.82. The summed E-state index contributed by atoms with van der Waals surface area (Å²) < 4.78 is 1.54. The maximum Gasteiger partial charge on any atom is 0.341 e. The molecule has 0 saturated carbocycles. The van der Waals surface area contributed by atoms with Crippen LogP contribution >= 0.6 is 11.3 Å². The Morgan fingerprint density at radius 1 is 1.31 bits per heavy atom. The molecule has 0 unspecified atom stereocenters. The molecule has 10 nitrogen and oxygen atoms in total. The molecule has 5 heterocycles. The molecule has 11 heteroatoms. The molecule has 2 N–H and O–H groups in total. The number of aryl methyl sites for hydroxylation is 1. The molecule has 0 atom stereocenters. The number of H-pyrrole nitrogens is 1. The number of aromatic nitrogens is 5. The molecule has 1 aliphatic heterocycles. The summed E-state index contributed by atoms with van der Waals surface area (Å²) in [7, 11) is 0. The van der Waals surface area contributed by atoms with Crippen LogP contribution in [0.3, 0.4) is 0 Å². The van der Waals surface area contributed by atoms with Crippen LogP contribution in [0.2, 0.25) is 0 Å². The number of hydrogen-bond donors (Lipinski definition) is 2. The van der Waals surface area contributed by atoms with Gasteiger partial charge in [-0.25, -0.2) is 14.8 Å². The van der Waals surface area contributed by atoms with Crippen LogP contribution in [-0.4, -0.2) is 54.7 Å². The lowest BCUT2D eigenvalue weighted by Crippen LogP contribution is -2.51. The molecule has 1 saturated heterocycles. The van der Waals surface area contributed by atoms with Crippen molar-refractivity contribution < 1.29 is 14.7 Å². The molecule has 1 fully saturated rings. The summed E-state index contributed by atoms with van der Waals surface area (Å²) in [5.41, 5.74) is 0.842. The zero-order chi connectivity index (χ0) is 22.4. The number of fused-ring (bicyclic) bond motifs is 1. The number of carboxylic acids is 1. The van der Waals surface area contributed by atoms with Crippen LogP contribution < -0.4 is 10.3 Å². The molecule has 0 bridgehead atoms. The normalized spacial score (nSPS) is 14.0. The summed E-state index contributed by atoms with van der Waals surface area (Å²) in [6, 6.07) is 3.54. The largest absolute Gasteiger partial charge is 0.477 e. The lowest BCUT2D eigenvalue weighted by atomic mass is 9.92. The molecule has 0 aliphatic carbocycles. The number of nitrogens with one attached hydrogen (secondary N) is 1. The molecule has 162 valence electrons. The second kappa shape index (κ2) is 7.68. The van der Waals surface area contributed by atoms with E-state index in [1.54, 1.807) is 41.4 Å². The Labute approximate surface area is 185 Å². The van der Waals surface area contributed by atoms with Gasteiger partial charge in [-0.05, 0) is 24.6 Å². The quantitative estimate of drug-likeness (QED) is 0.454. The topological polar surface area (TPSA) is 134 Å². The van der Waals surface area contributed by atoms with E-state index < -0.39 is 11.4 Å². The fourth-order valence-electron chi connectivity index (χ4n) is 3.86. The van der Waals surface area contributed by atoms with Crippen LogP contribution in [0.5, 0.6) is 0 Å². The third-order valence-electron chi connectivity index (χ3n) is 5.58. The van der Waals surface area contributed by atoms with Crippen LogP contribution in [0.15, 0.2) is 40.9 Å². The van der Waals surface area contributed by atoms with E-state index in [1.807, 2.05) is 4.90 Å². The molecular weight excluding hydrogens is 432 g/mol. The minimum Gasteiger partial charge on any atom is -0.477 e. The van der Waals surface area contributed by atoms with E-state index in [1.165, 1.54) is 17.5 Å². The summed E-state index contributed by atoms with van der Waals surface area (Å²) in [4.78, 5) is 47.9. The number of carbonyl (C=O) groups is 2. The number of rotatable bonds is 6. The Balaban J connectivity index is 1.50. The van der Waals surface area contributed by atoms with E-state index >= 15 is 0 Å². The van der Waals surface area contributed by atoms with E-state index in [-0.39, 0.29) is 22.7 Å². The third-order valence-corrected chi connectivity index (χ3v) is 6.35. The van der Waals surface area contributed by atoms with Gasteiger partial charge in [0.05, 0.1) is 11.3 Å². The number of thiazole rings is 1. The Morgan fingerprint density at radius 3 is 2.78 bits per heavy atom. The highest BCUT2D eigenvalue weighted by atomic mass is 32.1. The zero-order valence-electron chi connectivity index (χ0n) is 17.0. The van der Waals surface area contributed by atoms with Crippen molar-refractivity contribution >= 4 is 39.9 Å². The molecular formula is C21H18N6O4S. The van der Waals surface area contributed by atoms with Crippen LogP contribution in [0.4, 0.5) is 5.82 Å². The van der Waals surface area contributed by atoms with Crippen LogP contribution in [0, 0.1) is 12.8 Å². The number of hydrogen-bond acceptors (Lipinski definition) is 8. The number of anilines is 1. The van der Waals surface area contributed by atoms with Crippen molar-refractivity contribution in [3.8, 4) is 5.13 Å². The van der Waals surface area contributed by atoms with Crippen molar-refractivity contribution in [3.05, 3.63) is 63.1 Å². The summed E-state index contributed by atoms with van der Waals surface area (Å²) >= 11 is 1.31. The van der Waals surface area contributed by atoms with E-state index in [9.17, 15) is 19.5 Å². The third kappa shape index (κ3) is 3.36. The molecule has 32 heavy (non-hydrogen) atoms. The highest BCUT2D eigenvalue weighted by Crippen LogP contribution is 2.29. The predicted molar refractivity (Wildman–Crippen MR) is 118 cm³/mol. The molecule has 4 aromatic heterocycles. The van der Waals surface area contributed by atoms with Crippen molar-refractivity contribution in [2.24, 2.45) is 5.92 Å². The smallest absolute Gasteiger partial charge is 0.341 e. The summed E-state index contributed by atoms with van der Waals surface area (Å²) in [6.45, 7) is 2.81. The van der Waals surface area contributed by atoms with E-state index in [0.717, 1.165) is 5.69 Å². The predicted octanol–water partition coefficient (Wildman–Crippen LogP) is 1.82. The van der Waals surface area contributed by atoms with Gasteiger partial charge in [0.15, 0.2) is 10.8 Å².